The molecule has 8 heteroatoms. The zero-order valence-electron chi connectivity index (χ0n) is 17.3. The molecular formula is C23H21N5O2S. The number of amides is 1. The van der Waals surface area contributed by atoms with Crippen LogP contribution in [0.1, 0.15) is 29.0 Å². The zero-order valence-corrected chi connectivity index (χ0v) is 18.2. The molecule has 2 N–H and O–H groups in total. The van der Waals surface area contributed by atoms with Gasteiger partial charge in [-0.3, -0.25) is 15.1 Å². The maximum atomic E-state index is 13.4. The van der Waals surface area contributed by atoms with Gasteiger partial charge in [0.25, 0.3) is 0 Å². The number of guanidine groups is 1. The standard InChI is InChI=1S/C23H21N5O2S/c1-13-4-6-17(27-26-13)16-11-19(31-12-16)23(2)20(21(29)28(3)22(24)25-23)15-5-7-18-14(10-15)8-9-30-18/h4-12,20H,1-3H3,(H2,24,25)/t20-,23-/m1/s1. The van der Waals surface area contributed by atoms with E-state index in [-0.39, 0.29) is 11.9 Å². The summed E-state index contributed by atoms with van der Waals surface area (Å²) in [6.07, 6.45) is 1.64. The summed E-state index contributed by atoms with van der Waals surface area (Å²) in [6.45, 7) is 3.88. The molecule has 0 saturated carbocycles. The van der Waals surface area contributed by atoms with E-state index in [1.54, 1.807) is 24.6 Å². The third-order valence-electron chi connectivity index (χ3n) is 5.88. The Kier molecular flexibility index (Phi) is 4.40. The van der Waals surface area contributed by atoms with Crippen LogP contribution in [0.3, 0.4) is 0 Å². The minimum Gasteiger partial charge on any atom is -0.464 e. The van der Waals surface area contributed by atoms with Crippen molar-refractivity contribution in [3.63, 3.8) is 0 Å². The summed E-state index contributed by atoms with van der Waals surface area (Å²) in [4.78, 5) is 15.7. The van der Waals surface area contributed by atoms with Crippen molar-refractivity contribution in [3.8, 4) is 11.3 Å². The number of benzene rings is 1. The van der Waals surface area contributed by atoms with E-state index >= 15 is 0 Å². The number of thiophene rings is 1. The second kappa shape index (κ2) is 7.02. The molecule has 0 unspecified atom stereocenters. The molecule has 7 nitrogen and oxygen atoms in total. The summed E-state index contributed by atoms with van der Waals surface area (Å²) in [7, 11) is 1.63. The first-order chi connectivity index (χ1) is 14.9. The van der Waals surface area contributed by atoms with Gasteiger partial charge < -0.3 is 9.73 Å². The fraction of sp³-hybridized carbons (Fsp3) is 0.217. The average Bonchev–Trinajstić information content (AvgIpc) is 3.42. The predicted octanol–water partition coefficient (Wildman–Crippen LogP) is 4.26. The fourth-order valence-corrected chi connectivity index (χ4v) is 5.14. The van der Waals surface area contributed by atoms with Crippen LogP contribution in [-0.2, 0) is 10.3 Å². The highest BCUT2D eigenvalue weighted by molar-refractivity contribution is 7.10. The molecule has 1 aliphatic heterocycles. The lowest BCUT2D eigenvalue weighted by molar-refractivity contribution is -0.131. The van der Waals surface area contributed by atoms with Crippen LogP contribution in [0.4, 0.5) is 0 Å². The number of carbonyl (C=O) groups excluding carboxylic acids is 1. The molecule has 0 bridgehead atoms. The lowest BCUT2D eigenvalue weighted by atomic mass is 9.76. The first-order valence-corrected chi connectivity index (χ1v) is 10.8. The topological polar surface area (TPSA) is 95.1 Å². The summed E-state index contributed by atoms with van der Waals surface area (Å²) in [5.74, 6) is -0.557. The molecule has 1 aliphatic rings. The number of rotatable bonds is 3. The SMILES string of the molecule is Cc1ccc(-c2csc([C@@]3(C)NC(=N)N(C)C(=O)[C@H]3c3ccc4occc4c3)c2)nn1. The number of carbonyl (C=O) groups is 1. The van der Waals surface area contributed by atoms with E-state index in [2.05, 4.69) is 15.5 Å². The highest BCUT2D eigenvalue weighted by Gasteiger charge is 2.49. The molecule has 156 valence electrons. The Morgan fingerprint density at radius 3 is 2.81 bits per heavy atom. The number of aromatic nitrogens is 2. The highest BCUT2D eigenvalue weighted by atomic mass is 32.1. The molecule has 1 aromatic carbocycles. The number of aryl methyl sites for hydroxylation is 1. The van der Waals surface area contributed by atoms with Crippen LogP contribution in [-0.4, -0.2) is 34.0 Å². The van der Waals surface area contributed by atoms with Crippen LogP contribution in [0.15, 0.2) is 58.5 Å². The summed E-state index contributed by atoms with van der Waals surface area (Å²) in [5.41, 5.74) is 3.44. The number of hydrogen-bond donors (Lipinski definition) is 2. The lowest BCUT2D eigenvalue weighted by Crippen LogP contribution is -2.62. The Balaban J connectivity index is 1.62. The Bertz CT molecular complexity index is 1310. The van der Waals surface area contributed by atoms with Crippen molar-refractivity contribution in [2.24, 2.45) is 0 Å². The third-order valence-corrected chi connectivity index (χ3v) is 7.05. The molecule has 1 amide bonds. The quantitative estimate of drug-likeness (QED) is 0.505. The average molecular weight is 432 g/mol. The van der Waals surface area contributed by atoms with Crippen LogP contribution in [0.2, 0.25) is 0 Å². The van der Waals surface area contributed by atoms with E-state index < -0.39 is 11.5 Å². The van der Waals surface area contributed by atoms with Gasteiger partial charge >= 0.3 is 0 Å². The number of fused-ring (bicyclic) bond motifs is 1. The second-order valence-corrected chi connectivity index (χ2v) is 8.89. The molecule has 1 saturated heterocycles. The van der Waals surface area contributed by atoms with Gasteiger partial charge in [-0.1, -0.05) is 6.07 Å². The van der Waals surface area contributed by atoms with E-state index in [9.17, 15) is 4.79 Å². The van der Waals surface area contributed by atoms with Gasteiger partial charge in [-0.05, 0) is 55.8 Å². The minimum absolute atomic E-state index is 0.0817. The molecular weight excluding hydrogens is 410 g/mol. The van der Waals surface area contributed by atoms with Gasteiger partial charge in [0.2, 0.25) is 5.91 Å². The number of hydrogen-bond acceptors (Lipinski definition) is 6. The normalized spacial score (nSPS) is 21.5. The summed E-state index contributed by atoms with van der Waals surface area (Å²) < 4.78 is 5.47. The predicted molar refractivity (Wildman–Crippen MR) is 120 cm³/mol. The minimum atomic E-state index is -0.793. The van der Waals surface area contributed by atoms with Crippen molar-refractivity contribution in [3.05, 3.63) is 70.2 Å². The number of furan rings is 1. The van der Waals surface area contributed by atoms with Crippen molar-refractivity contribution >= 4 is 34.2 Å². The summed E-state index contributed by atoms with van der Waals surface area (Å²) >= 11 is 1.55. The maximum absolute atomic E-state index is 13.4. The molecule has 4 aromatic rings. The van der Waals surface area contributed by atoms with Crippen molar-refractivity contribution in [2.45, 2.75) is 25.3 Å². The molecule has 0 aliphatic carbocycles. The molecule has 5 rings (SSSR count). The molecule has 31 heavy (non-hydrogen) atoms. The number of nitrogens with zero attached hydrogens (tertiary/aromatic N) is 3. The first-order valence-electron chi connectivity index (χ1n) is 9.88. The Morgan fingerprint density at radius 1 is 1.19 bits per heavy atom. The Labute approximate surface area is 183 Å². The van der Waals surface area contributed by atoms with E-state index in [1.165, 1.54) is 4.90 Å². The monoisotopic (exact) mass is 431 g/mol. The van der Waals surface area contributed by atoms with Crippen molar-refractivity contribution in [1.82, 2.24) is 20.4 Å². The van der Waals surface area contributed by atoms with Crippen LogP contribution in [0.5, 0.6) is 0 Å². The second-order valence-electron chi connectivity index (χ2n) is 7.98. The fourth-order valence-electron chi connectivity index (χ4n) is 4.09. The molecule has 1 fully saturated rings. The van der Waals surface area contributed by atoms with E-state index in [0.29, 0.717) is 0 Å². The number of nitrogens with one attached hydrogen (secondary N) is 2. The van der Waals surface area contributed by atoms with Crippen molar-refractivity contribution in [1.29, 1.82) is 5.41 Å². The van der Waals surface area contributed by atoms with Gasteiger partial charge in [0, 0.05) is 28.3 Å². The van der Waals surface area contributed by atoms with Crippen LogP contribution >= 0.6 is 11.3 Å². The molecule has 0 spiro atoms. The van der Waals surface area contributed by atoms with E-state index in [1.807, 2.05) is 61.7 Å². The van der Waals surface area contributed by atoms with E-state index in [4.69, 9.17) is 9.83 Å². The van der Waals surface area contributed by atoms with Gasteiger partial charge in [0.05, 0.1) is 29.1 Å². The molecule has 4 heterocycles. The lowest BCUT2D eigenvalue weighted by Gasteiger charge is -2.45. The molecule has 2 atom stereocenters. The van der Waals surface area contributed by atoms with E-state index in [0.717, 1.165) is 38.4 Å². The zero-order chi connectivity index (χ0) is 21.8. The maximum Gasteiger partial charge on any atom is 0.239 e. The summed E-state index contributed by atoms with van der Waals surface area (Å²) in [5, 5.41) is 23.0. The Morgan fingerprint density at radius 2 is 2.03 bits per heavy atom. The largest absolute Gasteiger partial charge is 0.464 e. The van der Waals surface area contributed by atoms with Gasteiger partial charge in [-0.15, -0.1) is 11.3 Å². The van der Waals surface area contributed by atoms with Gasteiger partial charge in [0.1, 0.15) is 5.58 Å². The third kappa shape index (κ3) is 3.11. The highest BCUT2D eigenvalue weighted by Crippen LogP contribution is 2.44. The van der Waals surface area contributed by atoms with Crippen molar-refractivity contribution < 1.29 is 9.21 Å². The molecule has 0 radical (unpaired) electrons. The van der Waals surface area contributed by atoms with Crippen molar-refractivity contribution in [2.75, 3.05) is 7.05 Å². The van der Waals surface area contributed by atoms with Crippen LogP contribution in [0.25, 0.3) is 22.2 Å². The smallest absolute Gasteiger partial charge is 0.239 e. The summed E-state index contributed by atoms with van der Waals surface area (Å²) in [6, 6.07) is 13.6. The van der Waals surface area contributed by atoms with Gasteiger partial charge in [0.15, 0.2) is 5.96 Å². The Hall–Kier alpha value is -3.52. The van der Waals surface area contributed by atoms with Gasteiger partial charge in [-0.25, -0.2) is 0 Å². The number of likely N-dealkylation sites (N-methyl/N-ethyl adjacent to an activating group) is 1. The molecule has 3 aromatic heterocycles. The van der Waals surface area contributed by atoms with Crippen LogP contribution < -0.4 is 5.32 Å². The first kappa shape index (κ1) is 19.4. The van der Waals surface area contributed by atoms with Gasteiger partial charge in [-0.2, -0.15) is 10.2 Å². The van der Waals surface area contributed by atoms with Crippen LogP contribution in [0, 0.1) is 12.3 Å².